The summed E-state index contributed by atoms with van der Waals surface area (Å²) in [7, 11) is 0. The summed E-state index contributed by atoms with van der Waals surface area (Å²) in [6.07, 6.45) is 10.2. The lowest BCUT2D eigenvalue weighted by Crippen LogP contribution is -2.54. The molecule has 2 fully saturated rings. The molecule has 5 atom stereocenters. The van der Waals surface area contributed by atoms with E-state index in [1.54, 1.807) is 5.57 Å². The third-order valence-electron chi connectivity index (χ3n) is 7.65. The highest BCUT2D eigenvalue weighted by molar-refractivity contribution is 5.81. The monoisotopic (exact) mass is 304 g/mol. The van der Waals surface area contributed by atoms with Crippen LogP contribution in [0.3, 0.4) is 0 Å². The minimum Gasteiger partial charge on any atom is -0.462 e. The van der Waals surface area contributed by atoms with E-state index in [0.717, 1.165) is 38.0 Å². The average Bonchev–Trinajstić information content (AvgIpc) is 2.72. The molecular formula is C20H32O2. The Morgan fingerprint density at radius 2 is 1.91 bits per heavy atom. The average molecular weight is 304 g/mol. The van der Waals surface area contributed by atoms with E-state index in [-0.39, 0.29) is 28.3 Å². The van der Waals surface area contributed by atoms with Crippen LogP contribution < -0.4 is 0 Å². The predicted molar refractivity (Wildman–Crippen MR) is 89.4 cm³/mol. The van der Waals surface area contributed by atoms with Gasteiger partial charge in [0, 0.05) is 5.41 Å². The van der Waals surface area contributed by atoms with Gasteiger partial charge in [-0.3, -0.25) is 4.79 Å². The third-order valence-corrected chi connectivity index (χ3v) is 7.65. The Morgan fingerprint density at radius 1 is 1.18 bits per heavy atom. The van der Waals surface area contributed by atoms with E-state index in [9.17, 15) is 4.79 Å². The standard InChI is InChI=1S/C20H32O2/c1-6-18-11-14(4)9-10-16(18)12-19(7-2)15(5)22-17(21)20(19,8-3)13-18/h10,14-15H,6-9,11-13H2,1-5H3/t14-,15?,18+,19-,20+/m1/s1. The maximum atomic E-state index is 12.9. The molecule has 1 saturated carbocycles. The minimum absolute atomic E-state index is 0.0178. The van der Waals surface area contributed by atoms with Gasteiger partial charge >= 0.3 is 5.97 Å². The summed E-state index contributed by atoms with van der Waals surface area (Å²) in [5, 5.41) is 0. The van der Waals surface area contributed by atoms with E-state index in [2.05, 4.69) is 40.7 Å². The van der Waals surface area contributed by atoms with E-state index in [0.29, 0.717) is 0 Å². The molecule has 3 rings (SSSR count). The molecule has 0 bridgehead atoms. The number of hydrogen-bond donors (Lipinski definition) is 0. The van der Waals surface area contributed by atoms with Crippen molar-refractivity contribution in [2.24, 2.45) is 22.2 Å². The van der Waals surface area contributed by atoms with Crippen LogP contribution in [0.5, 0.6) is 0 Å². The van der Waals surface area contributed by atoms with Crippen molar-refractivity contribution in [1.82, 2.24) is 0 Å². The van der Waals surface area contributed by atoms with Gasteiger partial charge in [-0.1, -0.05) is 39.3 Å². The number of esters is 1. The van der Waals surface area contributed by atoms with Gasteiger partial charge in [-0.25, -0.2) is 0 Å². The molecule has 0 N–H and O–H groups in total. The van der Waals surface area contributed by atoms with Crippen LogP contribution in [0.4, 0.5) is 0 Å². The van der Waals surface area contributed by atoms with Gasteiger partial charge in [-0.05, 0) is 63.2 Å². The third kappa shape index (κ3) is 1.76. The summed E-state index contributed by atoms with van der Waals surface area (Å²) in [6.45, 7) is 11.3. The molecule has 2 heteroatoms. The molecule has 1 unspecified atom stereocenters. The molecule has 0 aromatic rings. The molecule has 0 aromatic carbocycles. The predicted octanol–water partition coefficient (Wildman–Crippen LogP) is 5.27. The number of carbonyl (C=O) groups excluding carboxylic acids is 1. The molecule has 1 heterocycles. The van der Waals surface area contributed by atoms with Gasteiger partial charge in [-0.15, -0.1) is 0 Å². The molecule has 2 aliphatic carbocycles. The van der Waals surface area contributed by atoms with E-state index in [1.807, 2.05) is 0 Å². The van der Waals surface area contributed by atoms with Gasteiger partial charge in [0.2, 0.25) is 0 Å². The fourth-order valence-corrected chi connectivity index (χ4v) is 6.21. The Hall–Kier alpha value is -0.790. The van der Waals surface area contributed by atoms with Gasteiger partial charge in [-0.2, -0.15) is 0 Å². The highest BCUT2D eigenvalue weighted by atomic mass is 16.6. The van der Waals surface area contributed by atoms with E-state index < -0.39 is 0 Å². The molecular weight excluding hydrogens is 272 g/mol. The van der Waals surface area contributed by atoms with Crippen LogP contribution in [0.15, 0.2) is 11.6 Å². The smallest absolute Gasteiger partial charge is 0.313 e. The van der Waals surface area contributed by atoms with Gasteiger partial charge in [0.25, 0.3) is 0 Å². The van der Waals surface area contributed by atoms with Crippen molar-refractivity contribution < 1.29 is 9.53 Å². The van der Waals surface area contributed by atoms with Gasteiger partial charge in [0.15, 0.2) is 0 Å². The maximum Gasteiger partial charge on any atom is 0.313 e. The summed E-state index contributed by atoms with van der Waals surface area (Å²) in [6, 6.07) is 0. The first-order chi connectivity index (χ1) is 10.4. The molecule has 2 nitrogen and oxygen atoms in total. The van der Waals surface area contributed by atoms with Crippen molar-refractivity contribution in [3.8, 4) is 0 Å². The fraction of sp³-hybridized carbons (Fsp3) is 0.850. The number of cyclic esters (lactones) is 1. The Balaban J connectivity index is 2.14. The second-order valence-electron chi connectivity index (χ2n) is 8.25. The molecule has 124 valence electrons. The number of allylic oxidation sites excluding steroid dienone is 2. The SMILES string of the molecule is CC[C@@]12C[C@H](C)CC=C1C[C@]1(CC)C(C)OC(=O)[C@]1(CC)C2. The maximum absolute atomic E-state index is 12.9. The largest absolute Gasteiger partial charge is 0.462 e. The number of fused-ring (bicyclic) bond motifs is 2. The molecule has 1 aliphatic heterocycles. The number of rotatable bonds is 3. The Kier molecular flexibility index (Phi) is 3.73. The number of ether oxygens (including phenoxy) is 1. The molecule has 0 spiro atoms. The van der Waals surface area contributed by atoms with Crippen molar-refractivity contribution in [1.29, 1.82) is 0 Å². The first kappa shape index (κ1) is 16.1. The lowest BCUT2D eigenvalue weighted by molar-refractivity contribution is -0.152. The van der Waals surface area contributed by atoms with Crippen molar-refractivity contribution >= 4 is 5.97 Å². The van der Waals surface area contributed by atoms with Crippen LogP contribution >= 0.6 is 0 Å². The Bertz CT molecular complexity index is 508. The van der Waals surface area contributed by atoms with Gasteiger partial charge in [0.05, 0.1) is 5.41 Å². The quantitative estimate of drug-likeness (QED) is 0.524. The van der Waals surface area contributed by atoms with Crippen LogP contribution in [-0.4, -0.2) is 12.1 Å². The zero-order chi connectivity index (χ0) is 16.2. The first-order valence-corrected chi connectivity index (χ1v) is 9.30. The Morgan fingerprint density at radius 3 is 2.50 bits per heavy atom. The Labute approximate surface area is 135 Å². The van der Waals surface area contributed by atoms with Crippen LogP contribution in [-0.2, 0) is 9.53 Å². The lowest BCUT2D eigenvalue weighted by atomic mass is 9.44. The van der Waals surface area contributed by atoms with E-state index >= 15 is 0 Å². The first-order valence-electron chi connectivity index (χ1n) is 9.30. The van der Waals surface area contributed by atoms with E-state index in [4.69, 9.17) is 4.74 Å². The van der Waals surface area contributed by atoms with Crippen LogP contribution in [0.1, 0.15) is 79.6 Å². The summed E-state index contributed by atoms with van der Waals surface area (Å²) in [5.74, 6) is 0.830. The number of hydrogen-bond acceptors (Lipinski definition) is 2. The van der Waals surface area contributed by atoms with Crippen molar-refractivity contribution in [3.63, 3.8) is 0 Å². The number of carbonyl (C=O) groups is 1. The van der Waals surface area contributed by atoms with Crippen LogP contribution in [0.2, 0.25) is 0 Å². The zero-order valence-corrected chi connectivity index (χ0v) is 15.0. The zero-order valence-electron chi connectivity index (χ0n) is 15.0. The van der Waals surface area contributed by atoms with Gasteiger partial charge < -0.3 is 4.74 Å². The highest BCUT2D eigenvalue weighted by Gasteiger charge is 2.69. The van der Waals surface area contributed by atoms with E-state index in [1.165, 1.54) is 12.8 Å². The van der Waals surface area contributed by atoms with Crippen molar-refractivity contribution in [3.05, 3.63) is 11.6 Å². The summed E-state index contributed by atoms with van der Waals surface area (Å²) >= 11 is 0. The molecule has 22 heavy (non-hydrogen) atoms. The summed E-state index contributed by atoms with van der Waals surface area (Å²) < 4.78 is 5.85. The molecule has 0 amide bonds. The molecule has 0 radical (unpaired) electrons. The highest BCUT2D eigenvalue weighted by Crippen LogP contribution is 2.69. The second-order valence-corrected chi connectivity index (χ2v) is 8.25. The van der Waals surface area contributed by atoms with Crippen molar-refractivity contribution in [2.75, 3.05) is 0 Å². The van der Waals surface area contributed by atoms with Crippen LogP contribution in [0.25, 0.3) is 0 Å². The van der Waals surface area contributed by atoms with Crippen molar-refractivity contribution in [2.45, 2.75) is 85.7 Å². The molecule has 3 aliphatic rings. The van der Waals surface area contributed by atoms with Crippen LogP contribution in [0, 0.1) is 22.2 Å². The van der Waals surface area contributed by atoms with Gasteiger partial charge in [0.1, 0.15) is 6.10 Å². The molecule has 1 saturated heterocycles. The molecule has 0 aromatic heterocycles. The second kappa shape index (κ2) is 5.11. The fourth-order valence-electron chi connectivity index (χ4n) is 6.21. The topological polar surface area (TPSA) is 26.3 Å². The minimum atomic E-state index is -0.258. The normalized spacial score (nSPS) is 47.5. The lowest BCUT2D eigenvalue weighted by Gasteiger charge is -2.57. The summed E-state index contributed by atoms with van der Waals surface area (Å²) in [4.78, 5) is 12.9. The summed E-state index contributed by atoms with van der Waals surface area (Å²) in [5.41, 5.74) is 1.65.